The van der Waals surface area contributed by atoms with E-state index in [1.807, 2.05) is 20.8 Å². The number of ether oxygens (including phenoxy) is 2. The van der Waals surface area contributed by atoms with Crippen LogP contribution in [0.3, 0.4) is 0 Å². The van der Waals surface area contributed by atoms with Crippen LogP contribution in [0.4, 0.5) is 0 Å². The first-order chi connectivity index (χ1) is 13.9. The molecule has 1 heterocycles. The van der Waals surface area contributed by atoms with E-state index in [0.717, 1.165) is 19.3 Å². The maximum absolute atomic E-state index is 13.5. The fraction of sp³-hybridized carbons (Fsp3) is 0.875. The van der Waals surface area contributed by atoms with Gasteiger partial charge in [0.05, 0.1) is 17.3 Å². The van der Waals surface area contributed by atoms with Crippen LogP contribution < -0.4 is 0 Å². The predicted octanol–water partition coefficient (Wildman–Crippen LogP) is 5.17. The molecule has 0 amide bonds. The van der Waals surface area contributed by atoms with Crippen molar-refractivity contribution in [2.45, 2.75) is 102 Å². The molecule has 0 radical (unpaired) electrons. The van der Waals surface area contributed by atoms with Crippen molar-refractivity contribution in [2.75, 3.05) is 0 Å². The summed E-state index contributed by atoms with van der Waals surface area (Å²) < 4.78 is 11.1. The summed E-state index contributed by atoms with van der Waals surface area (Å²) in [5.41, 5.74) is -1.95. The molecular weight excluding hydrogens is 404 g/mol. The first-order valence-electron chi connectivity index (χ1n) is 11.5. The highest BCUT2D eigenvalue weighted by Crippen LogP contribution is 2.58. The largest absolute Gasteiger partial charge is 0.459 e. The molecular formula is C24H35ClO5. The molecule has 30 heavy (non-hydrogen) atoms. The van der Waals surface area contributed by atoms with E-state index in [2.05, 4.69) is 0 Å². The Morgan fingerprint density at radius 2 is 1.67 bits per heavy atom. The highest BCUT2D eigenvalue weighted by atomic mass is 35.5. The van der Waals surface area contributed by atoms with E-state index in [-0.39, 0.29) is 24.4 Å². The minimum absolute atomic E-state index is 0.0364. The maximum atomic E-state index is 13.5. The number of rotatable bonds is 7. The molecule has 4 aliphatic carbocycles. The lowest BCUT2D eigenvalue weighted by Gasteiger charge is -2.56. The van der Waals surface area contributed by atoms with E-state index >= 15 is 0 Å². The Kier molecular flexibility index (Phi) is 5.32. The van der Waals surface area contributed by atoms with Crippen molar-refractivity contribution < 1.29 is 23.9 Å². The van der Waals surface area contributed by atoms with E-state index in [1.165, 1.54) is 19.3 Å². The van der Waals surface area contributed by atoms with Crippen LogP contribution in [0.25, 0.3) is 0 Å². The Morgan fingerprint density at radius 3 is 2.10 bits per heavy atom. The summed E-state index contributed by atoms with van der Waals surface area (Å²) in [5, 5.41) is 0. The molecule has 6 heteroatoms. The van der Waals surface area contributed by atoms with E-state index in [4.69, 9.17) is 21.1 Å². The van der Waals surface area contributed by atoms with Crippen LogP contribution in [0.2, 0.25) is 0 Å². The summed E-state index contributed by atoms with van der Waals surface area (Å²) in [5.74, 6) is 0.945. The average Bonchev–Trinajstić information content (AvgIpc) is 2.83. The lowest BCUT2D eigenvalue weighted by Crippen LogP contribution is -2.54. The lowest BCUT2D eigenvalue weighted by atomic mass is 9.54. The van der Waals surface area contributed by atoms with Crippen LogP contribution in [0.1, 0.15) is 91.9 Å². The molecule has 5 nitrogen and oxygen atoms in total. The molecule has 0 aromatic heterocycles. The second-order valence-corrected chi connectivity index (χ2v) is 12.6. The summed E-state index contributed by atoms with van der Waals surface area (Å²) in [6.45, 7) is 7.49. The third kappa shape index (κ3) is 4.03. The van der Waals surface area contributed by atoms with Gasteiger partial charge in [0.15, 0.2) is 0 Å². The topological polar surface area (TPSA) is 69.7 Å². The van der Waals surface area contributed by atoms with Gasteiger partial charge < -0.3 is 9.47 Å². The predicted molar refractivity (Wildman–Crippen MR) is 113 cm³/mol. The second kappa shape index (κ2) is 7.21. The smallest absolute Gasteiger partial charge is 0.320 e. The molecule has 4 saturated carbocycles. The summed E-state index contributed by atoms with van der Waals surface area (Å²) >= 11 is 6.88. The van der Waals surface area contributed by atoms with Crippen molar-refractivity contribution in [3.8, 4) is 0 Å². The van der Waals surface area contributed by atoms with Gasteiger partial charge in [-0.05, 0) is 96.3 Å². The van der Waals surface area contributed by atoms with Gasteiger partial charge in [0.1, 0.15) is 5.60 Å². The third-order valence-corrected chi connectivity index (χ3v) is 8.58. The third-order valence-electron chi connectivity index (χ3n) is 8.32. The minimum atomic E-state index is -0.938. The molecule has 3 unspecified atom stereocenters. The van der Waals surface area contributed by atoms with Crippen LogP contribution in [0.5, 0.6) is 0 Å². The zero-order valence-corrected chi connectivity index (χ0v) is 19.5. The van der Waals surface area contributed by atoms with Crippen LogP contribution in [-0.2, 0) is 23.9 Å². The van der Waals surface area contributed by atoms with E-state index < -0.39 is 27.6 Å². The van der Waals surface area contributed by atoms with Crippen LogP contribution in [-0.4, -0.2) is 28.4 Å². The van der Waals surface area contributed by atoms with Crippen molar-refractivity contribution in [3.63, 3.8) is 0 Å². The molecule has 5 fully saturated rings. The van der Waals surface area contributed by atoms with Gasteiger partial charge in [0, 0.05) is 4.87 Å². The Balaban J connectivity index is 1.45. The number of cyclic esters (lactones) is 2. The maximum Gasteiger partial charge on any atom is 0.320 e. The van der Waals surface area contributed by atoms with Crippen molar-refractivity contribution in [2.24, 2.45) is 28.6 Å². The second-order valence-electron chi connectivity index (χ2n) is 11.7. The van der Waals surface area contributed by atoms with Crippen molar-refractivity contribution >= 4 is 29.5 Å². The van der Waals surface area contributed by atoms with Gasteiger partial charge in [0.25, 0.3) is 0 Å². The number of esters is 3. The summed E-state index contributed by atoms with van der Waals surface area (Å²) in [6.07, 6.45) is 8.25. The Labute approximate surface area is 184 Å². The molecule has 3 atom stereocenters. The fourth-order valence-corrected chi connectivity index (χ4v) is 7.89. The van der Waals surface area contributed by atoms with Gasteiger partial charge in [-0.15, -0.1) is 11.6 Å². The van der Waals surface area contributed by atoms with E-state index in [0.29, 0.717) is 30.6 Å². The molecule has 4 bridgehead atoms. The number of hydrogen-bond donors (Lipinski definition) is 0. The quantitative estimate of drug-likeness (QED) is 0.311. The molecule has 1 aliphatic heterocycles. The number of halogens is 1. The van der Waals surface area contributed by atoms with Crippen molar-refractivity contribution in [1.29, 1.82) is 0 Å². The number of alkyl halides is 1. The molecule has 5 rings (SSSR count). The van der Waals surface area contributed by atoms with Crippen molar-refractivity contribution in [1.82, 2.24) is 0 Å². The minimum Gasteiger partial charge on any atom is -0.459 e. The van der Waals surface area contributed by atoms with E-state index in [1.54, 1.807) is 6.92 Å². The van der Waals surface area contributed by atoms with Gasteiger partial charge in [-0.25, -0.2) is 0 Å². The normalized spacial score (nSPS) is 41.3. The number of carbonyl (C=O) groups is 3. The first kappa shape index (κ1) is 22.1. The number of carbonyl (C=O) groups excluding carboxylic acids is 3. The highest BCUT2D eigenvalue weighted by molar-refractivity contribution is 6.24. The summed E-state index contributed by atoms with van der Waals surface area (Å²) in [6, 6.07) is 0. The Bertz CT molecular complexity index is 723. The van der Waals surface area contributed by atoms with Crippen LogP contribution >= 0.6 is 11.6 Å². The average molecular weight is 439 g/mol. The van der Waals surface area contributed by atoms with Gasteiger partial charge in [-0.1, -0.05) is 6.92 Å². The monoisotopic (exact) mass is 438 g/mol. The number of hydrogen-bond acceptors (Lipinski definition) is 5. The standard InChI is InChI=1S/C24H35ClO5/c1-5-21(2,13-23(4,25)14-22(3)12-18(26)29-19(22)27)20(28)30-24-9-15-6-16(10-24)8-17(7-15)11-24/h15-17H,5-14H2,1-4H3. The van der Waals surface area contributed by atoms with Crippen molar-refractivity contribution in [3.05, 3.63) is 0 Å². The molecule has 0 spiro atoms. The molecule has 5 aliphatic rings. The molecule has 0 aromatic rings. The molecule has 0 aromatic carbocycles. The Hall–Kier alpha value is -1.10. The zero-order chi connectivity index (χ0) is 21.9. The molecule has 0 N–H and O–H groups in total. The lowest BCUT2D eigenvalue weighted by molar-refractivity contribution is -0.197. The fourth-order valence-electron chi connectivity index (χ4n) is 7.30. The van der Waals surface area contributed by atoms with E-state index in [9.17, 15) is 14.4 Å². The van der Waals surface area contributed by atoms with Gasteiger partial charge in [-0.2, -0.15) is 0 Å². The van der Waals surface area contributed by atoms with Crippen LogP contribution in [0.15, 0.2) is 0 Å². The molecule has 1 saturated heterocycles. The van der Waals surface area contributed by atoms with Gasteiger partial charge in [-0.3, -0.25) is 14.4 Å². The SMILES string of the molecule is CCC(C)(CC(C)(Cl)CC1(C)CC(=O)OC1=O)C(=O)OC12CC3CC(CC(C3)C1)C2. The molecule has 168 valence electrons. The van der Waals surface area contributed by atoms with Crippen LogP contribution in [0, 0.1) is 28.6 Å². The van der Waals surface area contributed by atoms with Gasteiger partial charge in [0.2, 0.25) is 0 Å². The van der Waals surface area contributed by atoms with Gasteiger partial charge >= 0.3 is 17.9 Å². The highest BCUT2D eigenvalue weighted by Gasteiger charge is 2.55. The summed E-state index contributed by atoms with van der Waals surface area (Å²) in [7, 11) is 0. The Morgan fingerprint density at radius 1 is 1.13 bits per heavy atom. The first-order valence-corrected chi connectivity index (χ1v) is 11.9. The summed E-state index contributed by atoms with van der Waals surface area (Å²) in [4.78, 5) is 36.4. The zero-order valence-electron chi connectivity index (χ0n) is 18.7.